The Balaban J connectivity index is 1.83. The summed E-state index contributed by atoms with van der Waals surface area (Å²) >= 11 is 3.34. The van der Waals surface area contributed by atoms with Crippen molar-refractivity contribution < 1.29 is 14.7 Å². The normalized spacial score (nSPS) is 11.0. The number of nitrogens with one attached hydrogen (secondary N) is 1. The highest BCUT2D eigenvalue weighted by Gasteiger charge is 2.13. The Hall–Kier alpha value is -3.19. The van der Waals surface area contributed by atoms with Gasteiger partial charge in [-0.15, -0.1) is 0 Å². The van der Waals surface area contributed by atoms with E-state index in [9.17, 15) is 9.59 Å². The Morgan fingerprint density at radius 2 is 1.83 bits per heavy atom. The fourth-order valence-corrected chi connectivity index (χ4v) is 3.58. The van der Waals surface area contributed by atoms with Gasteiger partial charge in [0.15, 0.2) is 0 Å². The number of hydrogen-bond acceptors (Lipinski definition) is 3. The largest absolute Gasteiger partial charge is 0.478 e. The molecule has 29 heavy (non-hydrogen) atoms. The first-order valence-electron chi connectivity index (χ1n) is 8.90. The summed E-state index contributed by atoms with van der Waals surface area (Å²) in [6.07, 6.45) is 1.61. The second kappa shape index (κ2) is 8.45. The molecule has 0 saturated heterocycles. The lowest BCUT2D eigenvalue weighted by molar-refractivity contribution is 0.0696. The summed E-state index contributed by atoms with van der Waals surface area (Å²) in [6, 6.07) is 14.1. The van der Waals surface area contributed by atoms with Crippen LogP contribution in [-0.2, 0) is 0 Å². The van der Waals surface area contributed by atoms with Crippen LogP contribution in [0.15, 0.2) is 58.1 Å². The number of halogens is 1. The summed E-state index contributed by atoms with van der Waals surface area (Å²) in [4.78, 5) is 23.4. The van der Waals surface area contributed by atoms with Crippen LogP contribution in [0.2, 0.25) is 0 Å². The number of hydrazone groups is 1. The summed E-state index contributed by atoms with van der Waals surface area (Å²) in [5.41, 5.74) is 7.85. The van der Waals surface area contributed by atoms with Crippen LogP contribution in [0.1, 0.15) is 43.2 Å². The Bertz CT molecular complexity index is 1130. The highest BCUT2D eigenvalue weighted by atomic mass is 79.9. The van der Waals surface area contributed by atoms with E-state index >= 15 is 0 Å². The van der Waals surface area contributed by atoms with Gasteiger partial charge in [0.1, 0.15) is 0 Å². The lowest BCUT2D eigenvalue weighted by Crippen LogP contribution is -2.17. The zero-order valence-electron chi connectivity index (χ0n) is 16.2. The van der Waals surface area contributed by atoms with E-state index in [1.807, 2.05) is 37.5 Å². The maximum atomic E-state index is 12.2. The summed E-state index contributed by atoms with van der Waals surface area (Å²) in [6.45, 7) is 5.80. The summed E-state index contributed by atoms with van der Waals surface area (Å²) in [7, 11) is 0. The maximum Gasteiger partial charge on any atom is 0.335 e. The van der Waals surface area contributed by atoms with Gasteiger partial charge < -0.3 is 9.67 Å². The maximum absolute atomic E-state index is 12.2. The van der Waals surface area contributed by atoms with Gasteiger partial charge in [0.2, 0.25) is 0 Å². The Kier molecular flexibility index (Phi) is 5.98. The standard InChI is InChI=1S/C22H20BrN3O3/c1-13-9-17(22(28)29)7-8-20(13)26-14(2)10-18(15(26)3)12-24-25-21(27)16-5-4-6-19(23)11-16/h4-12H,1-3H3,(H,25,27)(H,28,29)/b24-12-. The highest BCUT2D eigenvalue weighted by molar-refractivity contribution is 9.10. The van der Waals surface area contributed by atoms with E-state index in [1.165, 1.54) is 0 Å². The molecule has 0 radical (unpaired) electrons. The first-order valence-corrected chi connectivity index (χ1v) is 9.69. The van der Waals surface area contributed by atoms with Crippen molar-refractivity contribution in [3.05, 3.63) is 86.6 Å². The van der Waals surface area contributed by atoms with Gasteiger partial charge in [0.25, 0.3) is 5.91 Å². The second-order valence-electron chi connectivity index (χ2n) is 6.68. The smallest absolute Gasteiger partial charge is 0.335 e. The lowest BCUT2D eigenvalue weighted by Gasteiger charge is -2.13. The van der Waals surface area contributed by atoms with Gasteiger partial charge in [0, 0.05) is 32.7 Å². The molecule has 2 N–H and O–H groups in total. The number of benzene rings is 2. The van der Waals surface area contributed by atoms with E-state index in [2.05, 4.69) is 26.5 Å². The van der Waals surface area contributed by atoms with Crippen LogP contribution in [-0.4, -0.2) is 27.8 Å². The zero-order valence-corrected chi connectivity index (χ0v) is 17.8. The molecule has 2 aromatic carbocycles. The highest BCUT2D eigenvalue weighted by Crippen LogP contribution is 2.23. The molecule has 0 aliphatic carbocycles. The molecule has 3 rings (SSSR count). The SMILES string of the molecule is Cc1cc(C(=O)O)ccc1-n1c(C)cc(/C=N\NC(=O)c2cccc(Br)c2)c1C. The monoisotopic (exact) mass is 453 g/mol. The number of carboxylic acids is 1. The van der Waals surface area contributed by atoms with E-state index < -0.39 is 5.97 Å². The van der Waals surface area contributed by atoms with Crippen LogP contribution >= 0.6 is 15.9 Å². The van der Waals surface area contributed by atoms with Crippen molar-refractivity contribution in [1.82, 2.24) is 9.99 Å². The van der Waals surface area contributed by atoms with Gasteiger partial charge in [-0.1, -0.05) is 22.0 Å². The number of aromatic nitrogens is 1. The minimum absolute atomic E-state index is 0.255. The summed E-state index contributed by atoms with van der Waals surface area (Å²) in [5, 5.41) is 13.2. The third kappa shape index (κ3) is 4.46. The van der Waals surface area contributed by atoms with Crippen LogP contribution < -0.4 is 5.43 Å². The molecule has 3 aromatic rings. The molecule has 0 fully saturated rings. The summed E-state index contributed by atoms with van der Waals surface area (Å²) in [5.74, 6) is -1.24. The fraction of sp³-hybridized carbons (Fsp3) is 0.136. The molecule has 0 atom stereocenters. The third-order valence-electron chi connectivity index (χ3n) is 4.61. The van der Waals surface area contributed by atoms with Gasteiger partial charge in [-0.25, -0.2) is 10.2 Å². The number of carboxylic acid groups (broad SMARTS) is 1. The van der Waals surface area contributed by atoms with Crippen LogP contribution in [0.4, 0.5) is 0 Å². The van der Waals surface area contributed by atoms with E-state index in [-0.39, 0.29) is 11.5 Å². The molecule has 6 nitrogen and oxygen atoms in total. The fourth-order valence-electron chi connectivity index (χ4n) is 3.18. The molecule has 1 amide bonds. The Morgan fingerprint density at radius 1 is 1.07 bits per heavy atom. The Labute approximate surface area is 177 Å². The minimum Gasteiger partial charge on any atom is -0.478 e. The number of hydrogen-bond donors (Lipinski definition) is 2. The number of aryl methyl sites for hydroxylation is 2. The molecule has 1 aromatic heterocycles. The van der Waals surface area contributed by atoms with Crippen molar-refractivity contribution in [3.63, 3.8) is 0 Å². The van der Waals surface area contributed by atoms with Gasteiger partial charge in [-0.3, -0.25) is 4.79 Å². The molecule has 1 heterocycles. The van der Waals surface area contributed by atoms with E-state index in [0.717, 1.165) is 32.7 Å². The van der Waals surface area contributed by atoms with Crippen LogP contribution in [0, 0.1) is 20.8 Å². The van der Waals surface area contributed by atoms with Crippen molar-refractivity contribution in [2.24, 2.45) is 5.10 Å². The molecule has 148 valence electrons. The van der Waals surface area contributed by atoms with Crippen LogP contribution in [0.5, 0.6) is 0 Å². The Morgan fingerprint density at radius 3 is 2.48 bits per heavy atom. The number of aromatic carboxylic acids is 1. The first kappa shape index (κ1) is 20.5. The third-order valence-corrected chi connectivity index (χ3v) is 5.10. The quantitative estimate of drug-likeness (QED) is 0.436. The number of carbonyl (C=O) groups excluding carboxylic acids is 1. The molecule has 0 saturated carbocycles. The van der Waals surface area contributed by atoms with Crippen molar-refractivity contribution in [3.8, 4) is 5.69 Å². The second-order valence-corrected chi connectivity index (χ2v) is 7.59. The molecule has 0 bridgehead atoms. The topological polar surface area (TPSA) is 83.7 Å². The van der Waals surface area contributed by atoms with Crippen LogP contribution in [0.25, 0.3) is 5.69 Å². The van der Waals surface area contributed by atoms with E-state index in [4.69, 9.17) is 5.11 Å². The van der Waals surface area contributed by atoms with Gasteiger partial charge >= 0.3 is 5.97 Å². The average molecular weight is 454 g/mol. The molecule has 0 spiro atoms. The number of rotatable bonds is 5. The predicted octanol–water partition coefficient (Wildman–Crippen LogP) is 4.63. The van der Waals surface area contributed by atoms with E-state index in [1.54, 1.807) is 42.6 Å². The zero-order chi connectivity index (χ0) is 21.1. The van der Waals surface area contributed by atoms with Gasteiger partial charge in [-0.2, -0.15) is 5.10 Å². The molecule has 0 aliphatic rings. The first-order chi connectivity index (χ1) is 13.8. The number of carbonyl (C=O) groups is 2. The number of amides is 1. The van der Waals surface area contributed by atoms with Crippen molar-refractivity contribution in [2.75, 3.05) is 0 Å². The molecule has 7 heteroatoms. The number of nitrogens with zero attached hydrogens (tertiary/aromatic N) is 2. The van der Waals surface area contributed by atoms with Crippen molar-refractivity contribution in [1.29, 1.82) is 0 Å². The minimum atomic E-state index is -0.949. The predicted molar refractivity (Wildman–Crippen MR) is 116 cm³/mol. The van der Waals surface area contributed by atoms with Crippen molar-refractivity contribution in [2.45, 2.75) is 20.8 Å². The van der Waals surface area contributed by atoms with Gasteiger partial charge in [-0.05, 0) is 68.8 Å². The van der Waals surface area contributed by atoms with Crippen LogP contribution in [0.3, 0.4) is 0 Å². The van der Waals surface area contributed by atoms with Gasteiger partial charge in [0.05, 0.1) is 11.8 Å². The summed E-state index contributed by atoms with van der Waals surface area (Å²) < 4.78 is 2.86. The average Bonchev–Trinajstić information content (AvgIpc) is 2.95. The van der Waals surface area contributed by atoms with E-state index in [0.29, 0.717) is 5.56 Å². The molecule has 0 unspecified atom stereocenters. The lowest BCUT2D eigenvalue weighted by atomic mass is 10.1. The molecular formula is C22H20BrN3O3. The molecule has 0 aliphatic heterocycles. The van der Waals surface area contributed by atoms with Crippen molar-refractivity contribution >= 4 is 34.0 Å². The molecular weight excluding hydrogens is 434 g/mol.